The van der Waals surface area contributed by atoms with Crippen molar-refractivity contribution >= 4 is 23.2 Å². The Labute approximate surface area is 167 Å². The first-order chi connectivity index (χ1) is 13.7. The number of fused-ring (bicyclic) bond motifs is 2. The predicted octanol–water partition coefficient (Wildman–Crippen LogP) is 3.13. The molecule has 0 radical (unpaired) electrons. The van der Waals surface area contributed by atoms with Gasteiger partial charge in [0.2, 0.25) is 12.7 Å². The number of likely N-dealkylation sites (tertiary alicyclic amines) is 2. The molecule has 5 rings (SSSR count). The lowest BCUT2D eigenvalue weighted by Gasteiger charge is -2.47. The highest BCUT2D eigenvalue weighted by Crippen LogP contribution is 2.36. The average molecular weight is 398 g/mol. The number of rotatable bonds is 3. The first-order valence-electron chi connectivity index (χ1n) is 9.70. The molecule has 0 aliphatic carbocycles. The fourth-order valence-corrected chi connectivity index (χ4v) is 5.22. The van der Waals surface area contributed by atoms with Gasteiger partial charge in [-0.3, -0.25) is 9.59 Å². The van der Waals surface area contributed by atoms with E-state index in [-0.39, 0.29) is 24.6 Å². The van der Waals surface area contributed by atoms with Crippen LogP contribution in [0.2, 0.25) is 0 Å². The van der Waals surface area contributed by atoms with E-state index >= 15 is 0 Å². The summed E-state index contributed by atoms with van der Waals surface area (Å²) < 4.78 is 10.8. The maximum atomic E-state index is 12.7. The zero-order chi connectivity index (χ0) is 19.1. The number of benzene rings is 1. The molecule has 146 valence electrons. The van der Waals surface area contributed by atoms with Crippen LogP contribution in [0.15, 0.2) is 35.7 Å². The second-order valence-electron chi connectivity index (χ2n) is 7.59. The molecule has 0 unspecified atom stereocenters. The van der Waals surface area contributed by atoms with Crippen LogP contribution in [0.3, 0.4) is 0 Å². The smallest absolute Gasteiger partial charge is 0.263 e. The molecule has 2 saturated heterocycles. The fourth-order valence-electron chi connectivity index (χ4n) is 4.53. The number of carbonyl (C=O) groups is 2. The second kappa shape index (κ2) is 7.13. The molecule has 0 spiro atoms. The van der Waals surface area contributed by atoms with Gasteiger partial charge in [0.25, 0.3) is 5.91 Å². The molecule has 0 bridgehead atoms. The van der Waals surface area contributed by atoms with E-state index in [2.05, 4.69) is 0 Å². The predicted molar refractivity (Wildman–Crippen MR) is 104 cm³/mol. The lowest BCUT2D eigenvalue weighted by Crippen LogP contribution is -2.56. The first kappa shape index (κ1) is 17.6. The van der Waals surface area contributed by atoms with E-state index in [4.69, 9.17) is 9.47 Å². The molecule has 2 amide bonds. The van der Waals surface area contributed by atoms with Crippen molar-refractivity contribution in [2.24, 2.45) is 5.92 Å². The Morgan fingerprint density at radius 3 is 2.93 bits per heavy atom. The molecule has 0 saturated carbocycles. The van der Waals surface area contributed by atoms with Crippen molar-refractivity contribution in [1.29, 1.82) is 0 Å². The summed E-state index contributed by atoms with van der Waals surface area (Å²) in [7, 11) is 0. The average Bonchev–Trinajstić information content (AvgIpc) is 3.40. The van der Waals surface area contributed by atoms with Gasteiger partial charge in [0.05, 0.1) is 4.88 Å². The highest BCUT2D eigenvalue weighted by atomic mass is 32.1. The summed E-state index contributed by atoms with van der Waals surface area (Å²) in [6, 6.07) is 9.87. The minimum absolute atomic E-state index is 0.118. The monoisotopic (exact) mass is 398 g/mol. The molecule has 7 heteroatoms. The zero-order valence-corrected chi connectivity index (χ0v) is 16.3. The fraction of sp³-hybridized carbons (Fsp3) is 0.429. The molecule has 2 fully saturated rings. The number of hydrogen-bond acceptors (Lipinski definition) is 5. The van der Waals surface area contributed by atoms with E-state index in [1.807, 2.05) is 45.5 Å². The molecular formula is C21H22N2O4S. The molecule has 3 aliphatic heterocycles. The summed E-state index contributed by atoms with van der Waals surface area (Å²) >= 11 is 1.49. The van der Waals surface area contributed by atoms with Crippen LogP contribution in [0.25, 0.3) is 0 Å². The molecular weight excluding hydrogens is 376 g/mol. The molecule has 28 heavy (non-hydrogen) atoms. The largest absolute Gasteiger partial charge is 0.454 e. The highest BCUT2D eigenvalue weighted by molar-refractivity contribution is 7.12. The number of nitrogens with zero attached hydrogens (tertiary/aromatic N) is 2. The number of thiophene rings is 1. The van der Waals surface area contributed by atoms with Crippen LogP contribution in [0.1, 0.15) is 34.5 Å². The Morgan fingerprint density at radius 1 is 1.18 bits per heavy atom. The lowest BCUT2D eigenvalue weighted by atomic mass is 9.83. The van der Waals surface area contributed by atoms with E-state index < -0.39 is 0 Å². The third kappa shape index (κ3) is 3.13. The van der Waals surface area contributed by atoms with Crippen molar-refractivity contribution < 1.29 is 19.1 Å². The third-order valence-corrected chi connectivity index (χ3v) is 6.81. The van der Waals surface area contributed by atoms with Gasteiger partial charge in [-0.05, 0) is 47.9 Å². The SMILES string of the molecule is O=C(c1cccs1)N1CC[C@H]2[C@H](CCC(=O)N2Cc2ccc3c(c2)OCO3)C1. The van der Waals surface area contributed by atoms with Crippen molar-refractivity contribution in [3.63, 3.8) is 0 Å². The maximum absolute atomic E-state index is 12.7. The van der Waals surface area contributed by atoms with E-state index in [0.717, 1.165) is 41.3 Å². The molecule has 6 nitrogen and oxygen atoms in total. The number of piperidine rings is 2. The van der Waals surface area contributed by atoms with Gasteiger partial charge in [0, 0.05) is 32.1 Å². The Balaban J connectivity index is 1.30. The van der Waals surface area contributed by atoms with Gasteiger partial charge in [-0.25, -0.2) is 0 Å². The van der Waals surface area contributed by atoms with Crippen molar-refractivity contribution in [3.8, 4) is 11.5 Å². The number of amides is 2. The van der Waals surface area contributed by atoms with E-state index in [1.54, 1.807) is 0 Å². The van der Waals surface area contributed by atoms with Gasteiger partial charge in [-0.15, -0.1) is 11.3 Å². The van der Waals surface area contributed by atoms with Crippen LogP contribution in [0, 0.1) is 5.92 Å². The summed E-state index contributed by atoms with van der Waals surface area (Å²) in [5.41, 5.74) is 1.05. The van der Waals surface area contributed by atoms with E-state index in [1.165, 1.54) is 11.3 Å². The molecule has 2 atom stereocenters. The lowest BCUT2D eigenvalue weighted by molar-refractivity contribution is -0.141. The van der Waals surface area contributed by atoms with E-state index in [0.29, 0.717) is 25.4 Å². The normalized spacial score (nSPS) is 23.6. The zero-order valence-electron chi connectivity index (χ0n) is 15.5. The number of carbonyl (C=O) groups excluding carboxylic acids is 2. The van der Waals surface area contributed by atoms with Gasteiger partial charge in [0.1, 0.15) is 0 Å². The van der Waals surface area contributed by atoms with Gasteiger partial charge < -0.3 is 19.3 Å². The summed E-state index contributed by atoms with van der Waals surface area (Å²) in [5.74, 6) is 2.16. The Kier molecular flexibility index (Phi) is 4.47. The Morgan fingerprint density at radius 2 is 2.07 bits per heavy atom. The minimum atomic E-state index is 0.118. The van der Waals surface area contributed by atoms with Crippen LogP contribution in [0.4, 0.5) is 0 Å². The molecule has 3 aliphatic rings. The first-order valence-corrected chi connectivity index (χ1v) is 10.6. The van der Waals surface area contributed by atoms with Gasteiger partial charge >= 0.3 is 0 Å². The molecule has 2 aromatic rings. The maximum Gasteiger partial charge on any atom is 0.263 e. The quantitative estimate of drug-likeness (QED) is 0.797. The third-order valence-electron chi connectivity index (χ3n) is 5.95. The highest BCUT2D eigenvalue weighted by Gasteiger charge is 2.40. The van der Waals surface area contributed by atoms with Crippen molar-refractivity contribution in [1.82, 2.24) is 9.80 Å². The molecule has 4 heterocycles. The van der Waals surface area contributed by atoms with Gasteiger partial charge in [0.15, 0.2) is 11.5 Å². The van der Waals surface area contributed by atoms with Crippen molar-refractivity contribution in [2.75, 3.05) is 19.9 Å². The minimum Gasteiger partial charge on any atom is -0.454 e. The molecule has 0 N–H and O–H groups in total. The van der Waals surface area contributed by atoms with Crippen LogP contribution in [-0.4, -0.2) is 47.5 Å². The Bertz CT molecular complexity index is 898. The standard InChI is InChI=1S/C21H22N2O4S/c24-20-6-4-15-12-22(21(25)19-2-1-9-28-19)8-7-16(15)23(20)11-14-3-5-17-18(10-14)27-13-26-17/h1-3,5,9-10,15-16H,4,6-8,11-13H2/t15-,16+/m1/s1. The molecule has 1 aromatic carbocycles. The molecule has 1 aromatic heterocycles. The van der Waals surface area contributed by atoms with Crippen LogP contribution in [-0.2, 0) is 11.3 Å². The van der Waals surface area contributed by atoms with Gasteiger partial charge in [-0.2, -0.15) is 0 Å². The van der Waals surface area contributed by atoms with Crippen LogP contribution in [0.5, 0.6) is 11.5 Å². The van der Waals surface area contributed by atoms with Gasteiger partial charge in [-0.1, -0.05) is 12.1 Å². The topological polar surface area (TPSA) is 59.1 Å². The Hall–Kier alpha value is -2.54. The number of hydrogen-bond donors (Lipinski definition) is 0. The summed E-state index contributed by atoms with van der Waals surface area (Å²) in [6.45, 7) is 2.25. The van der Waals surface area contributed by atoms with Crippen molar-refractivity contribution in [2.45, 2.75) is 31.8 Å². The van der Waals surface area contributed by atoms with Crippen molar-refractivity contribution in [3.05, 3.63) is 46.2 Å². The van der Waals surface area contributed by atoms with Crippen LogP contribution >= 0.6 is 11.3 Å². The summed E-state index contributed by atoms with van der Waals surface area (Å²) in [4.78, 5) is 30.2. The van der Waals surface area contributed by atoms with Crippen LogP contribution < -0.4 is 9.47 Å². The second-order valence-corrected chi connectivity index (χ2v) is 8.54. The summed E-state index contributed by atoms with van der Waals surface area (Å²) in [6.07, 6.45) is 2.24. The summed E-state index contributed by atoms with van der Waals surface area (Å²) in [5, 5.41) is 1.94. The van der Waals surface area contributed by atoms with E-state index in [9.17, 15) is 9.59 Å². The number of ether oxygens (including phenoxy) is 2.